The Kier molecular flexibility index (Phi) is 6.92. The number of carbonyl (C=O) groups is 3. The molecule has 1 aliphatic heterocycles. The Hall–Kier alpha value is -2.39. The number of halogens is 1. The molecule has 1 N–H and O–H groups in total. The number of esters is 1. The third-order valence-corrected chi connectivity index (χ3v) is 5.26. The molecular weight excluding hydrogens is 444 g/mol. The number of nitrogens with zero attached hydrogens (tertiary/aromatic N) is 1. The number of aryl methyl sites for hydroxylation is 1. The molecule has 2 aromatic rings. The zero-order valence-electron chi connectivity index (χ0n) is 16.3. The molecule has 156 valence electrons. The molecule has 1 saturated heterocycles. The highest BCUT2D eigenvalue weighted by Crippen LogP contribution is 2.20. The lowest BCUT2D eigenvalue weighted by Crippen LogP contribution is -2.31. The van der Waals surface area contributed by atoms with Crippen LogP contribution in [0.25, 0.3) is 0 Å². The maximum atomic E-state index is 12.5. The monoisotopic (exact) mass is 466 g/mol. The molecule has 0 unspecified atom stereocenters. The topological polar surface area (TPSA) is 99.8 Å². The number of carbonyl (C=O) groups excluding carboxylic acids is 3. The first-order valence-corrected chi connectivity index (χ1v) is 10.1. The fourth-order valence-corrected chi connectivity index (χ4v) is 3.61. The Bertz CT molecular complexity index is 910. The Labute approximate surface area is 176 Å². The Morgan fingerprint density at radius 3 is 2.76 bits per heavy atom. The van der Waals surface area contributed by atoms with E-state index in [1.165, 1.54) is 6.07 Å². The van der Waals surface area contributed by atoms with Gasteiger partial charge in [-0.3, -0.25) is 14.4 Å². The van der Waals surface area contributed by atoms with Crippen LogP contribution in [0.3, 0.4) is 0 Å². The van der Waals surface area contributed by atoms with E-state index in [-0.39, 0.29) is 30.8 Å². The molecule has 0 bridgehead atoms. The summed E-state index contributed by atoms with van der Waals surface area (Å²) < 4.78 is 18.3. The van der Waals surface area contributed by atoms with E-state index >= 15 is 0 Å². The van der Waals surface area contributed by atoms with E-state index in [4.69, 9.17) is 13.9 Å². The molecule has 3 rings (SSSR count). The zero-order valence-corrected chi connectivity index (χ0v) is 17.9. The molecule has 0 radical (unpaired) electrons. The molecule has 1 aliphatic rings. The third-order valence-electron chi connectivity index (χ3n) is 4.84. The molecule has 1 amide bonds. The smallest absolute Gasteiger partial charge is 0.325 e. The van der Waals surface area contributed by atoms with Gasteiger partial charge < -0.3 is 23.8 Å². The van der Waals surface area contributed by atoms with Gasteiger partial charge in [-0.1, -0.05) is 0 Å². The maximum absolute atomic E-state index is 12.5. The van der Waals surface area contributed by atoms with Crippen molar-refractivity contribution in [1.82, 2.24) is 9.88 Å². The van der Waals surface area contributed by atoms with Gasteiger partial charge in [0.25, 0.3) is 5.91 Å². The van der Waals surface area contributed by atoms with E-state index in [0.717, 1.165) is 30.8 Å². The Balaban J connectivity index is 1.49. The number of ether oxygens (including phenoxy) is 2. The minimum atomic E-state index is -0.703. The molecule has 2 aromatic heterocycles. The van der Waals surface area contributed by atoms with Crippen molar-refractivity contribution in [3.05, 3.63) is 45.6 Å². The second kappa shape index (κ2) is 9.41. The highest BCUT2D eigenvalue weighted by Gasteiger charge is 2.22. The first kappa shape index (κ1) is 21.3. The van der Waals surface area contributed by atoms with Gasteiger partial charge in [-0.15, -0.1) is 0 Å². The molecule has 3 heterocycles. The molecule has 0 spiro atoms. The van der Waals surface area contributed by atoms with Gasteiger partial charge in [0.2, 0.25) is 5.78 Å². The van der Waals surface area contributed by atoms with Crippen molar-refractivity contribution in [1.29, 1.82) is 0 Å². The third kappa shape index (κ3) is 5.36. The summed E-state index contributed by atoms with van der Waals surface area (Å²) in [5, 5.41) is 2.38. The van der Waals surface area contributed by atoms with Crippen LogP contribution in [0.2, 0.25) is 0 Å². The van der Waals surface area contributed by atoms with E-state index in [9.17, 15) is 14.4 Å². The highest BCUT2D eigenvalue weighted by atomic mass is 79.9. The van der Waals surface area contributed by atoms with Crippen molar-refractivity contribution in [2.75, 3.05) is 19.8 Å². The number of Topliss-reactive ketones (excluding diaryl/α,β-unsaturated/α-hetero) is 1. The molecule has 1 fully saturated rings. The van der Waals surface area contributed by atoms with Crippen LogP contribution in [0.15, 0.2) is 27.3 Å². The maximum Gasteiger partial charge on any atom is 0.325 e. The number of aromatic nitrogens is 1. The first-order valence-electron chi connectivity index (χ1n) is 9.36. The first-order chi connectivity index (χ1) is 13.8. The number of nitrogens with one attached hydrogen (secondary N) is 1. The molecular formula is C20H23BrN2O6. The van der Waals surface area contributed by atoms with Gasteiger partial charge in [0, 0.05) is 30.1 Å². The van der Waals surface area contributed by atoms with Gasteiger partial charge in [0.1, 0.15) is 6.54 Å². The predicted octanol–water partition coefficient (Wildman–Crippen LogP) is 2.80. The summed E-state index contributed by atoms with van der Waals surface area (Å²) in [6.07, 6.45) is 2.23. The van der Waals surface area contributed by atoms with Crippen LogP contribution >= 0.6 is 15.9 Å². The molecule has 29 heavy (non-hydrogen) atoms. The molecule has 8 nitrogen and oxygen atoms in total. The van der Waals surface area contributed by atoms with Crippen LogP contribution < -0.4 is 5.32 Å². The summed E-state index contributed by atoms with van der Waals surface area (Å²) in [6.45, 7) is 4.55. The largest absolute Gasteiger partial charge is 0.456 e. The van der Waals surface area contributed by atoms with Gasteiger partial charge in [-0.05, 0) is 60.8 Å². The van der Waals surface area contributed by atoms with Gasteiger partial charge >= 0.3 is 5.97 Å². The fourth-order valence-electron chi connectivity index (χ4n) is 3.31. The Morgan fingerprint density at radius 1 is 1.31 bits per heavy atom. The number of hydrogen-bond acceptors (Lipinski definition) is 6. The summed E-state index contributed by atoms with van der Waals surface area (Å²) in [7, 11) is 0. The van der Waals surface area contributed by atoms with E-state index < -0.39 is 11.9 Å². The average Bonchev–Trinajstić information content (AvgIpc) is 3.42. The SMILES string of the molecule is Cc1cc(C(=O)COC(=O)CNC(=O)c2ccc(Br)o2)c(C)n1C[C@H]1CCCO1. The normalized spacial score (nSPS) is 16.0. The van der Waals surface area contributed by atoms with Gasteiger partial charge in [-0.25, -0.2) is 0 Å². The van der Waals surface area contributed by atoms with E-state index in [0.29, 0.717) is 16.8 Å². The summed E-state index contributed by atoms with van der Waals surface area (Å²) >= 11 is 3.10. The second-order valence-electron chi connectivity index (χ2n) is 6.90. The van der Waals surface area contributed by atoms with Crippen LogP contribution in [-0.2, 0) is 20.8 Å². The van der Waals surface area contributed by atoms with Crippen LogP contribution in [-0.4, -0.2) is 48.1 Å². The molecule has 0 saturated carbocycles. The summed E-state index contributed by atoms with van der Waals surface area (Å²) in [5.74, 6) is -1.46. The lowest BCUT2D eigenvalue weighted by atomic mass is 10.1. The Morgan fingerprint density at radius 2 is 2.10 bits per heavy atom. The number of hydrogen-bond donors (Lipinski definition) is 1. The molecule has 0 aromatic carbocycles. The van der Waals surface area contributed by atoms with Gasteiger partial charge in [0.05, 0.1) is 6.10 Å². The number of rotatable bonds is 8. The fraction of sp³-hybridized carbons (Fsp3) is 0.450. The minimum absolute atomic E-state index is 0.0689. The van der Waals surface area contributed by atoms with E-state index in [1.807, 2.05) is 13.8 Å². The minimum Gasteiger partial charge on any atom is -0.456 e. The van der Waals surface area contributed by atoms with Crippen LogP contribution in [0.4, 0.5) is 0 Å². The highest BCUT2D eigenvalue weighted by molar-refractivity contribution is 9.10. The molecule has 1 atom stereocenters. The summed E-state index contributed by atoms with van der Waals surface area (Å²) in [5.41, 5.74) is 2.32. The standard InChI is InChI=1S/C20H23BrN2O6/c1-12-8-15(13(2)23(12)10-14-4-3-7-27-14)16(24)11-28-19(25)9-22-20(26)17-5-6-18(21)29-17/h5-6,8,14H,3-4,7,9-11H2,1-2H3,(H,22,26)/t14-/m1/s1. The van der Waals surface area contributed by atoms with Crippen LogP contribution in [0, 0.1) is 13.8 Å². The lowest BCUT2D eigenvalue weighted by Gasteiger charge is -2.14. The van der Waals surface area contributed by atoms with Crippen LogP contribution in [0.5, 0.6) is 0 Å². The number of ketones is 1. The van der Waals surface area contributed by atoms with Crippen molar-refractivity contribution < 1.29 is 28.3 Å². The quantitative estimate of drug-likeness (QED) is 0.474. The average molecular weight is 467 g/mol. The lowest BCUT2D eigenvalue weighted by molar-refractivity contribution is -0.141. The van der Waals surface area contributed by atoms with Crippen molar-refractivity contribution in [2.24, 2.45) is 0 Å². The van der Waals surface area contributed by atoms with E-state index in [2.05, 4.69) is 25.8 Å². The molecule has 0 aliphatic carbocycles. The zero-order chi connectivity index (χ0) is 21.0. The van der Waals surface area contributed by atoms with Crippen molar-refractivity contribution in [3.8, 4) is 0 Å². The summed E-state index contributed by atoms with van der Waals surface area (Å²) in [6, 6.07) is 4.85. The number of amides is 1. The second-order valence-corrected chi connectivity index (χ2v) is 7.68. The summed E-state index contributed by atoms with van der Waals surface area (Å²) in [4.78, 5) is 36.2. The van der Waals surface area contributed by atoms with Crippen molar-refractivity contribution >= 4 is 33.6 Å². The van der Waals surface area contributed by atoms with Gasteiger partial charge in [0.15, 0.2) is 17.0 Å². The van der Waals surface area contributed by atoms with Crippen LogP contribution in [0.1, 0.15) is 45.1 Å². The number of furan rings is 1. The van der Waals surface area contributed by atoms with Crippen molar-refractivity contribution in [2.45, 2.75) is 39.3 Å². The van der Waals surface area contributed by atoms with Crippen molar-refractivity contribution in [3.63, 3.8) is 0 Å². The van der Waals surface area contributed by atoms with E-state index in [1.54, 1.807) is 12.1 Å². The van der Waals surface area contributed by atoms with Gasteiger partial charge in [-0.2, -0.15) is 0 Å². The molecule has 9 heteroatoms. The predicted molar refractivity (Wildman–Crippen MR) is 107 cm³/mol.